The lowest BCUT2D eigenvalue weighted by atomic mass is 10.3. The van der Waals surface area contributed by atoms with Gasteiger partial charge in [0.1, 0.15) is 6.61 Å². The molecule has 100 valence electrons. The van der Waals surface area contributed by atoms with E-state index in [1.165, 1.54) is 0 Å². The minimum absolute atomic E-state index is 0.343. The number of para-hydroxylation sites is 1. The van der Waals surface area contributed by atoms with E-state index in [1.54, 1.807) is 18.0 Å². The molecule has 5 nitrogen and oxygen atoms in total. The first-order chi connectivity index (χ1) is 9.25. The zero-order valence-electron chi connectivity index (χ0n) is 10.6. The number of aromatic nitrogens is 2. The van der Waals surface area contributed by atoms with E-state index in [4.69, 9.17) is 4.74 Å². The van der Waals surface area contributed by atoms with E-state index in [2.05, 4.69) is 10.3 Å². The highest BCUT2D eigenvalue weighted by Crippen LogP contribution is 2.13. The number of thioether (sulfide) groups is 1. The van der Waals surface area contributed by atoms with Crippen molar-refractivity contribution in [2.24, 2.45) is 7.05 Å². The third kappa shape index (κ3) is 4.33. The number of amides is 1. The van der Waals surface area contributed by atoms with E-state index in [1.807, 2.05) is 48.1 Å². The van der Waals surface area contributed by atoms with Crippen LogP contribution in [0.25, 0.3) is 0 Å². The number of carbonyl (C=O) groups excluding carboxylic acids is 1. The third-order valence-electron chi connectivity index (χ3n) is 2.34. The monoisotopic (exact) mass is 277 g/mol. The van der Waals surface area contributed by atoms with Gasteiger partial charge in [0.2, 0.25) is 0 Å². The highest BCUT2D eigenvalue weighted by Gasteiger charge is 2.04. The SMILES string of the molecule is Cn1ccnc1SCCOC(=O)Nc1ccccc1. The van der Waals surface area contributed by atoms with Crippen LogP contribution < -0.4 is 5.32 Å². The van der Waals surface area contributed by atoms with Crippen molar-refractivity contribution in [3.8, 4) is 0 Å². The van der Waals surface area contributed by atoms with Crippen LogP contribution in [0, 0.1) is 0 Å². The largest absolute Gasteiger partial charge is 0.448 e. The van der Waals surface area contributed by atoms with Gasteiger partial charge in [-0.1, -0.05) is 30.0 Å². The van der Waals surface area contributed by atoms with Crippen LogP contribution in [0.3, 0.4) is 0 Å². The van der Waals surface area contributed by atoms with Crippen molar-refractivity contribution in [3.63, 3.8) is 0 Å². The van der Waals surface area contributed by atoms with Crippen LogP contribution >= 0.6 is 11.8 Å². The highest BCUT2D eigenvalue weighted by atomic mass is 32.2. The van der Waals surface area contributed by atoms with E-state index < -0.39 is 6.09 Å². The van der Waals surface area contributed by atoms with Crippen LogP contribution in [0.5, 0.6) is 0 Å². The van der Waals surface area contributed by atoms with Gasteiger partial charge in [-0.25, -0.2) is 9.78 Å². The average Bonchev–Trinajstić information content (AvgIpc) is 2.81. The Labute approximate surface area is 116 Å². The van der Waals surface area contributed by atoms with Crippen molar-refractivity contribution in [1.29, 1.82) is 0 Å². The smallest absolute Gasteiger partial charge is 0.411 e. The van der Waals surface area contributed by atoms with Gasteiger partial charge in [-0.05, 0) is 12.1 Å². The Hall–Kier alpha value is -1.95. The van der Waals surface area contributed by atoms with Crippen LogP contribution in [0.15, 0.2) is 47.9 Å². The fourth-order valence-electron chi connectivity index (χ4n) is 1.43. The van der Waals surface area contributed by atoms with Crippen molar-refractivity contribution >= 4 is 23.5 Å². The fourth-order valence-corrected chi connectivity index (χ4v) is 2.18. The molecule has 1 aromatic heterocycles. The first-order valence-electron chi connectivity index (χ1n) is 5.84. The number of rotatable bonds is 5. The van der Waals surface area contributed by atoms with Crippen molar-refractivity contribution in [2.75, 3.05) is 17.7 Å². The molecule has 0 aliphatic carbocycles. The van der Waals surface area contributed by atoms with Gasteiger partial charge in [-0.2, -0.15) is 0 Å². The van der Waals surface area contributed by atoms with Gasteiger partial charge in [0.05, 0.1) is 0 Å². The molecule has 0 aliphatic heterocycles. The number of ether oxygens (including phenoxy) is 1. The zero-order chi connectivity index (χ0) is 13.5. The summed E-state index contributed by atoms with van der Waals surface area (Å²) in [4.78, 5) is 15.6. The lowest BCUT2D eigenvalue weighted by molar-refractivity contribution is 0.169. The molecule has 1 heterocycles. The molecule has 0 saturated heterocycles. The Morgan fingerprint density at radius 2 is 2.21 bits per heavy atom. The molecule has 0 spiro atoms. The van der Waals surface area contributed by atoms with Gasteiger partial charge in [-0.15, -0.1) is 0 Å². The standard InChI is InChI=1S/C13H15N3O2S/c1-16-8-7-14-12(16)19-10-9-18-13(17)15-11-5-3-2-4-6-11/h2-8H,9-10H2,1H3,(H,15,17). The summed E-state index contributed by atoms with van der Waals surface area (Å²) in [7, 11) is 1.93. The highest BCUT2D eigenvalue weighted by molar-refractivity contribution is 7.99. The first-order valence-corrected chi connectivity index (χ1v) is 6.83. The van der Waals surface area contributed by atoms with Gasteiger partial charge in [0.15, 0.2) is 5.16 Å². The number of aryl methyl sites for hydroxylation is 1. The normalized spacial score (nSPS) is 10.2. The molecule has 0 bridgehead atoms. The molecule has 6 heteroatoms. The van der Waals surface area contributed by atoms with E-state index in [-0.39, 0.29) is 0 Å². The zero-order valence-corrected chi connectivity index (χ0v) is 11.4. The second-order valence-electron chi connectivity index (χ2n) is 3.80. The third-order valence-corrected chi connectivity index (χ3v) is 3.37. The van der Waals surface area contributed by atoms with E-state index in [9.17, 15) is 4.79 Å². The molecule has 2 rings (SSSR count). The first kappa shape index (κ1) is 13.5. The Morgan fingerprint density at radius 1 is 1.42 bits per heavy atom. The number of benzene rings is 1. The molecule has 19 heavy (non-hydrogen) atoms. The molecule has 0 fully saturated rings. The summed E-state index contributed by atoms with van der Waals surface area (Å²) in [5.74, 6) is 0.674. The fraction of sp³-hybridized carbons (Fsp3) is 0.231. The van der Waals surface area contributed by atoms with Gasteiger partial charge < -0.3 is 9.30 Å². The molecule has 2 aromatic rings. The van der Waals surface area contributed by atoms with Crippen LogP contribution in [0.1, 0.15) is 0 Å². The molecular weight excluding hydrogens is 262 g/mol. The Bertz CT molecular complexity index is 528. The van der Waals surface area contributed by atoms with Gasteiger partial charge in [0.25, 0.3) is 0 Å². The van der Waals surface area contributed by atoms with Gasteiger partial charge >= 0.3 is 6.09 Å². The molecule has 1 amide bonds. The van der Waals surface area contributed by atoms with Crippen molar-refractivity contribution in [2.45, 2.75) is 5.16 Å². The summed E-state index contributed by atoms with van der Waals surface area (Å²) < 4.78 is 7.00. The number of anilines is 1. The van der Waals surface area contributed by atoms with Gasteiger partial charge in [-0.3, -0.25) is 5.32 Å². The lowest BCUT2D eigenvalue weighted by Crippen LogP contribution is -2.15. The molecule has 0 unspecified atom stereocenters. The van der Waals surface area contributed by atoms with Crippen LogP contribution in [-0.2, 0) is 11.8 Å². The second kappa shape index (κ2) is 6.84. The number of hydrogen-bond acceptors (Lipinski definition) is 4. The predicted molar refractivity (Wildman–Crippen MR) is 75.3 cm³/mol. The summed E-state index contributed by atoms with van der Waals surface area (Å²) >= 11 is 1.55. The molecule has 0 radical (unpaired) electrons. The maximum absolute atomic E-state index is 11.5. The van der Waals surface area contributed by atoms with E-state index in [0.717, 1.165) is 10.8 Å². The molecule has 1 N–H and O–H groups in total. The predicted octanol–water partition coefficient (Wildman–Crippen LogP) is 2.76. The number of imidazole rings is 1. The van der Waals surface area contributed by atoms with E-state index in [0.29, 0.717) is 12.4 Å². The van der Waals surface area contributed by atoms with E-state index >= 15 is 0 Å². The summed E-state index contributed by atoms with van der Waals surface area (Å²) in [5.41, 5.74) is 0.726. The molecule has 0 saturated carbocycles. The van der Waals surface area contributed by atoms with Gasteiger partial charge in [0, 0.05) is 30.9 Å². The molecule has 0 atom stereocenters. The number of hydrogen-bond donors (Lipinski definition) is 1. The average molecular weight is 277 g/mol. The molecule has 1 aromatic carbocycles. The lowest BCUT2D eigenvalue weighted by Gasteiger charge is -2.06. The Kier molecular flexibility index (Phi) is 4.85. The summed E-state index contributed by atoms with van der Waals surface area (Å²) in [5, 5.41) is 3.57. The quantitative estimate of drug-likeness (QED) is 0.674. The van der Waals surface area contributed by atoms with Crippen LogP contribution in [0.4, 0.5) is 10.5 Å². The molecule has 0 aliphatic rings. The Morgan fingerprint density at radius 3 is 2.89 bits per heavy atom. The maximum atomic E-state index is 11.5. The minimum atomic E-state index is -0.438. The summed E-state index contributed by atoms with van der Waals surface area (Å²) in [6, 6.07) is 9.22. The van der Waals surface area contributed by atoms with Crippen molar-refractivity contribution < 1.29 is 9.53 Å². The van der Waals surface area contributed by atoms with Crippen molar-refractivity contribution in [3.05, 3.63) is 42.7 Å². The minimum Gasteiger partial charge on any atom is -0.448 e. The topological polar surface area (TPSA) is 56.2 Å². The number of nitrogens with zero attached hydrogens (tertiary/aromatic N) is 2. The van der Waals surface area contributed by atoms with Crippen molar-refractivity contribution in [1.82, 2.24) is 9.55 Å². The number of carbonyl (C=O) groups is 1. The number of nitrogens with one attached hydrogen (secondary N) is 1. The van der Waals surface area contributed by atoms with Crippen LogP contribution in [0.2, 0.25) is 0 Å². The maximum Gasteiger partial charge on any atom is 0.411 e. The Balaban J connectivity index is 1.66. The summed E-state index contributed by atoms with van der Waals surface area (Å²) in [6.45, 7) is 0.343. The van der Waals surface area contributed by atoms with Crippen LogP contribution in [-0.4, -0.2) is 28.0 Å². The molecular formula is C13H15N3O2S. The summed E-state index contributed by atoms with van der Waals surface area (Å²) in [6.07, 6.45) is 3.18. The second-order valence-corrected chi connectivity index (χ2v) is 4.86.